The number of carbonyl (C=O) groups is 2. The molecule has 22 heavy (non-hydrogen) atoms. The molecule has 2 atom stereocenters. The lowest BCUT2D eigenvalue weighted by atomic mass is 9.54. The van der Waals surface area contributed by atoms with E-state index in [4.69, 9.17) is 4.74 Å². The molecule has 0 aromatic carbocycles. The molecule has 1 aromatic heterocycles. The van der Waals surface area contributed by atoms with Crippen molar-refractivity contribution in [3.05, 3.63) is 20.8 Å². The number of carbonyl (C=O) groups excluding carboxylic acids is 1. The third-order valence-electron chi connectivity index (χ3n) is 4.45. The van der Waals surface area contributed by atoms with E-state index >= 15 is 0 Å². The molecule has 122 valence electrons. The number of carboxylic acids is 1. The lowest BCUT2D eigenvalue weighted by Gasteiger charge is -2.58. The Labute approximate surface area is 142 Å². The third kappa shape index (κ3) is 2.94. The molecule has 1 saturated carbocycles. The summed E-state index contributed by atoms with van der Waals surface area (Å²) in [6.45, 7) is 6.06. The Balaban J connectivity index is 2.10. The minimum Gasteiger partial charge on any atom is -0.479 e. The van der Waals surface area contributed by atoms with Crippen LogP contribution in [0, 0.1) is 5.41 Å². The predicted octanol–water partition coefficient (Wildman–Crippen LogP) is 2.83. The number of ether oxygens (including phenoxy) is 1. The van der Waals surface area contributed by atoms with Gasteiger partial charge < -0.3 is 15.2 Å². The first kappa shape index (κ1) is 17.4. The normalized spacial score (nSPS) is 26.3. The van der Waals surface area contributed by atoms with Crippen molar-refractivity contribution < 1.29 is 19.4 Å². The van der Waals surface area contributed by atoms with E-state index in [1.807, 2.05) is 32.9 Å². The molecule has 1 aliphatic carbocycles. The Morgan fingerprint density at radius 1 is 1.50 bits per heavy atom. The summed E-state index contributed by atoms with van der Waals surface area (Å²) in [7, 11) is 0. The molecule has 2 N–H and O–H groups in total. The monoisotopic (exact) mass is 389 g/mol. The van der Waals surface area contributed by atoms with Crippen LogP contribution in [-0.2, 0) is 20.7 Å². The first-order valence-electron chi connectivity index (χ1n) is 7.13. The smallest absolute Gasteiger partial charge is 0.330 e. The molecule has 1 heterocycles. The molecule has 1 amide bonds. The average molecular weight is 390 g/mol. The van der Waals surface area contributed by atoms with Crippen LogP contribution in [0.15, 0.2) is 15.9 Å². The molecular formula is C15H20BrNO4S. The van der Waals surface area contributed by atoms with Crippen LogP contribution in [0.25, 0.3) is 0 Å². The molecule has 1 aromatic rings. The van der Waals surface area contributed by atoms with Gasteiger partial charge in [-0.25, -0.2) is 4.79 Å². The second-order valence-corrected chi connectivity index (χ2v) is 8.56. The van der Waals surface area contributed by atoms with Crippen molar-refractivity contribution in [1.29, 1.82) is 0 Å². The first-order valence-corrected chi connectivity index (χ1v) is 8.74. The molecule has 0 bridgehead atoms. The van der Waals surface area contributed by atoms with E-state index < -0.39 is 16.9 Å². The van der Waals surface area contributed by atoms with Gasteiger partial charge in [-0.2, -0.15) is 0 Å². The standard InChI is InChI=1S/C15H20BrNO4S/c1-4-21-10-8-15(13(19)20,14(10,2)3)17-12(18)7-9-5-6-11(16)22-9/h5-6,10H,4,7-8H2,1-3H3,(H,17,18)(H,19,20). The fourth-order valence-electron chi connectivity index (χ4n) is 2.92. The number of hydrogen-bond donors (Lipinski definition) is 2. The number of thiophene rings is 1. The van der Waals surface area contributed by atoms with Gasteiger partial charge in [0.25, 0.3) is 0 Å². The molecule has 0 saturated heterocycles. The molecule has 0 spiro atoms. The van der Waals surface area contributed by atoms with Gasteiger partial charge in [-0.3, -0.25) is 4.79 Å². The van der Waals surface area contributed by atoms with Crippen molar-refractivity contribution in [2.75, 3.05) is 6.61 Å². The summed E-state index contributed by atoms with van der Waals surface area (Å²) < 4.78 is 6.53. The molecule has 0 radical (unpaired) electrons. The van der Waals surface area contributed by atoms with Crippen molar-refractivity contribution in [2.24, 2.45) is 5.41 Å². The highest BCUT2D eigenvalue weighted by Gasteiger charge is 2.66. The zero-order valence-corrected chi connectivity index (χ0v) is 15.2. The van der Waals surface area contributed by atoms with Gasteiger partial charge in [0.1, 0.15) is 5.54 Å². The van der Waals surface area contributed by atoms with Crippen LogP contribution in [0.2, 0.25) is 0 Å². The molecule has 7 heteroatoms. The number of aliphatic carboxylic acids is 1. The van der Waals surface area contributed by atoms with Crippen molar-refractivity contribution in [3.63, 3.8) is 0 Å². The highest BCUT2D eigenvalue weighted by molar-refractivity contribution is 9.11. The van der Waals surface area contributed by atoms with Crippen LogP contribution in [0.5, 0.6) is 0 Å². The van der Waals surface area contributed by atoms with E-state index in [0.717, 1.165) is 8.66 Å². The zero-order valence-electron chi connectivity index (χ0n) is 12.8. The van der Waals surface area contributed by atoms with E-state index in [0.29, 0.717) is 13.0 Å². The Hall–Kier alpha value is -0.920. The highest BCUT2D eigenvalue weighted by atomic mass is 79.9. The SMILES string of the molecule is CCOC1CC(NC(=O)Cc2ccc(Br)s2)(C(=O)O)C1(C)C. The summed E-state index contributed by atoms with van der Waals surface area (Å²) >= 11 is 4.82. The Bertz CT molecular complexity index is 586. The van der Waals surface area contributed by atoms with E-state index in [9.17, 15) is 14.7 Å². The summed E-state index contributed by atoms with van der Waals surface area (Å²) in [5, 5.41) is 12.4. The van der Waals surface area contributed by atoms with Gasteiger partial charge in [0.15, 0.2) is 0 Å². The molecule has 0 aliphatic heterocycles. The molecule has 2 rings (SSSR count). The van der Waals surface area contributed by atoms with Crippen LogP contribution >= 0.6 is 27.3 Å². The van der Waals surface area contributed by atoms with Crippen LogP contribution < -0.4 is 5.32 Å². The summed E-state index contributed by atoms with van der Waals surface area (Å²) in [5.74, 6) is -1.28. The maximum Gasteiger partial charge on any atom is 0.330 e. The first-order chi connectivity index (χ1) is 10.2. The largest absolute Gasteiger partial charge is 0.479 e. The zero-order chi connectivity index (χ0) is 16.5. The fourth-order valence-corrected chi connectivity index (χ4v) is 4.41. The van der Waals surface area contributed by atoms with Gasteiger partial charge in [-0.15, -0.1) is 11.3 Å². The fraction of sp³-hybridized carbons (Fsp3) is 0.600. The number of rotatable bonds is 6. The van der Waals surface area contributed by atoms with Gasteiger partial charge in [0.05, 0.1) is 16.3 Å². The minimum atomic E-state index is -1.27. The molecule has 1 fully saturated rings. The van der Waals surface area contributed by atoms with Crippen molar-refractivity contribution in [1.82, 2.24) is 5.32 Å². The highest BCUT2D eigenvalue weighted by Crippen LogP contribution is 2.51. The van der Waals surface area contributed by atoms with Gasteiger partial charge >= 0.3 is 5.97 Å². The van der Waals surface area contributed by atoms with Gasteiger partial charge in [-0.05, 0) is 35.0 Å². The molecular weight excluding hydrogens is 370 g/mol. The number of hydrogen-bond acceptors (Lipinski definition) is 4. The summed E-state index contributed by atoms with van der Waals surface area (Å²) in [4.78, 5) is 24.9. The molecule has 1 aliphatic rings. The topological polar surface area (TPSA) is 75.6 Å². The van der Waals surface area contributed by atoms with Crippen molar-refractivity contribution >= 4 is 39.1 Å². The maximum absolute atomic E-state index is 12.3. The van der Waals surface area contributed by atoms with E-state index in [1.54, 1.807) is 0 Å². The Kier molecular flexibility index (Phi) is 4.99. The third-order valence-corrected chi connectivity index (χ3v) is 6.07. The second-order valence-electron chi connectivity index (χ2n) is 6.01. The Morgan fingerprint density at radius 2 is 2.18 bits per heavy atom. The second kappa shape index (κ2) is 6.29. The predicted molar refractivity (Wildman–Crippen MR) is 88.0 cm³/mol. The quantitative estimate of drug-likeness (QED) is 0.783. The maximum atomic E-state index is 12.3. The van der Waals surface area contributed by atoms with Crippen LogP contribution in [-0.4, -0.2) is 35.2 Å². The molecule has 2 unspecified atom stereocenters. The molecule has 5 nitrogen and oxygen atoms in total. The van der Waals surface area contributed by atoms with Crippen molar-refractivity contribution in [2.45, 2.75) is 45.3 Å². The minimum absolute atomic E-state index is 0.162. The lowest BCUT2D eigenvalue weighted by Crippen LogP contribution is -2.76. The van der Waals surface area contributed by atoms with E-state index in [-0.39, 0.29) is 18.4 Å². The summed E-state index contributed by atoms with van der Waals surface area (Å²) in [6, 6.07) is 3.73. The van der Waals surface area contributed by atoms with Gasteiger partial charge in [-0.1, -0.05) is 13.8 Å². The summed E-state index contributed by atoms with van der Waals surface area (Å²) in [6.07, 6.45) is 0.314. The lowest BCUT2D eigenvalue weighted by molar-refractivity contribution is -0.194. The summed E-state index contributed by atoms with van der Waals surface area (Å²) in [5.41, 5.74) is -1.92. The average Bonchev–Trinajstić information content (AvgIpc) is 2.82. The number of nitrogens with one attached hydrogen (secondary N) is 1. The van der Waals surface area contributed by atoms with E-state index in [2.05, 4.69) is 21.2 Å². The van der Waals surface area contributed by atoms with E-state index in [1.165, 1.54) is 11.3 Å². The van der Waals surface area contributed by atoms with Crippen LogP contribution in [0.3, 0.4) is 0 Å². The number of halogens is 1. The Morgan fingerprint density at radius 3 is 2.64 bits per heavy atom. The van der Waals surface area contributed by atoms with Crippen LogP contribution in [0.4, 0.5) is 0 Å². The van der Waals surface area contributed by atoms with Crippen LogP contribution in [0.1, 0.15) is 32.1 Å². The van der Waals surface area contributed by atoms with Crippen molar-refractivity contribution in [3.8, 4) is 0 Å². The number of carboxylic acid groups (broad SMARTS) is 1. The number of amides is 1. The van der Waals surface area contributed by atoms with Gasteiger partial charge in [0, 0.05) is 23.3 Å². The van der Waals surface area contributed by atoms with Gasteiger partial charge in [0.2, 0.25) is 5.91 Å².